The van der Waals surface area contributed by atoms with Crippen LogP contribution in [0.25, 0.3) is 0 Å². The number of nitrogens with one attached hydrogen (secondary N) is 1. The van der Waals surface area contributed by atoms with Crippen molar-refractivity contribution in [2.45, 2.75) is 29.6 Å². The predicted molar refractivity (Wildman–Crippen MR) is 74.9 cm³/mol. The lowest BCUT2D eigenvalue weighted by Crippen LogP contribution is -2.05. The number of rotatable bonds is 4. The van der Waals surface area contributed by atoms with E-state index in [-0.39, 0.29) is 0 Å². The van der Waals surface area contributed by atoms with E-state index < -0.39 is 0 Å². The van der Waals surface area contributed by atoms with E-state index in [2.05, 4.69) is 40.8 Å². The first kappa shape index (κ1) is 12.6. The van der Waals surface area contributed by atoms with E-state index in [0.29, 0.717) is 0 Å². The number of aryl methyl sites for hydroxylation is 2. The molecular formula is C13H16N2S2. The fraction of sp³-hybridized carbons (Fsp3) is 0.308. The van der Waals surface area contributed by atoms with Gasteiger partial charge in [0.1, 0.15) is 0 Å². The maximum atomic E-state index is 4.47. The predicted octanol–water partition coefficient (Wildman–Crippen LogP) is 3.63. The van der Waals surface area contributed by atoms with Gasteiger partial charge < -0.3 is 5.32 Å². The molecule has 0 radical (unpaired) electrons. The smallest absolute Gasteiger partial charge is 0.154 e. The average molecular weight is 264 g/mol. The van der Waals surface area contributed by atoms with Crippen LogP contribution in [-0.4, -0.2) is 12.0 Å². The Morgan fingerprint density at radius 3 is 2.76 bits per heavy atom. The minimum atomic E-state index is 0.919. The minimum absolute atomic E-state index is 0.919. The second-order valence-corrected chi connectivity index (χ2v) is 6.13. The summed E-state index contributed by atoms with van der Waals surface area (Å²) in [5.74, 6) is 0. The van der Waals surface area contributed by atoms with Gasteiger partial charge >= 0.3 is 0 Å². The van der Waals surface area contributed by atoms with E-state index >= 15 is 0 Å². The number of benzene rings is 1. The van der Waals surface area contributed by atoms with Gasteiger partial charge in [0.05, 0.1) is 0 Å². The average Bonchev–Trinajstić information content (AvgIpc) is 2.69. The molecule has 1 N–H and O–H groups in total. The third-order valence-electron chi connectivity index (χ3n) is 2.42. The van der Waals surface area contributed by atoms with Gasteiger partial charge in [0.2, 0.25) is 0 Å². The molecule has 2 rings (SSSR count). The zero-order valence-corrected chi connectivity index (χ0v) is 11.9. The van der Waals surface area contributed by atoms with Crippen LogP contribution < -0.4 is 5.32 Å². The number of aromatic nitrogens is 1. The Labute approximate surface area is 110 Å². The first-order chi connectivity index (χ1) is 8.19. The van der Waals surface area contributed by atoms with Crippen LogP contribution in [0.2, 0.25) is 0 Å². The van der Waals surface area contributed by atoms with Gasteiger partial charge in [-0.05, 0) is 38.1 Å². The van der Waals surface area contributed by atoms with Crippen LogP contribution in [0.4, 0.5) is 0 Å². The molecule has 0 amide bonds. The molecule has 0 unspecified atom stereocenters. The summed E-state index contributed by atoms with van der Waals surface area (Å²) in [6.45, 7) is 5.10. The van der Waals surface area contributed by atoms with E-state index in [4.69, 9.17) is 0 Å². The zero-order chi connectivity index (χ0) is 12.3. The van der Waals surface area contributed by atoms with Crippen molar-refractivity contribution >= 4 is 23.1 Å². The largest absolute Gasteiger partial charge is 0.316 e. The summed E-state index contributed by atoms with van der Waals surface area (Å²) in [7, 11) is 1.97. The Morgan fingerprint density at radius 2 is 2.18 bits per heavy atom. The van der Waals surface area contributed by atoms with Gasteiger partial charge in [-0.3, -0.25) is 0 Å². The Hall–Kier alpha value is -0.840. The van der Waals surface area contributed by atoms with Crippen LogP contribution >= 0.6 is 23.1 Å². The van der Waals surface area contributed by atoms with Crippen molar-refractivity contribution in [3.05, 3.63) is 40.4 Å². The molecule has 1 aromatic heterocycles. The van der Waals surface area contributed by atoms with Crippen molar-refractivity contribution in [1.29, 1.82) is 0 Å². The van der Waals surface area contributed by atoms with Gasteiger partial charge in [-0.25, -0.2) is 4.98 Å². The Morgan fingerprint density at radius 1 is 1.35 bits per heavy atom. The molecule has 0 atom stereocenters. The number of nitrogens with zero attached hydrogens (tertiary/aromatic N) is 1. The van der Waals surface area contributed by atoms with Gasteiger partial charge in [-0.1, -0.05) is 23.9 Å². The molecule has 0 saturated heterocycles. The SMILES string of the molecule is CNCc1ccc(Sc2nc(C)cs2)c(C)c1. The lowest BCUT2D eigenvalue weighted by Gasteiger charge is -2.06. The van der Waals surface area contributed by atoms with Crippen molar-refractivity contribution < 1.29 is 0 Å². The van der Waals surface area contributed by atoms with Gasteiger partial charge in [0, 0.05) is 22.5 Å². The molecular weight excluding hydrogens is 248 g/mol. The summed E-state index contributed by atoms with van der Waals surface area (Å²) in [5.41, 5.74) is 3.74. The third kappa shape index (κ3) is 3.31. The maximum Gasteiger partial charge on any atom is 0.154 e. The lowest BCUT2D eigenvalue weighted by atomic mass is 10.1. The first-order valence-electron chi connectivity index (χ1n) is 5.53. The molecule has 2 nitrogen and oxygen atoms in total. The molecule has 1 heterocycles. The standard InChI is InChI=1S/C13H16N2S2/c1-9-6-11(7-14-3)4-5-12(9)17-13-15-10(2)8-16-13/h4-6,8,14H,7H2,1-3H3. The lowest BCUT2D eigenvalue weighted by molar-refractivity contribution is 0.815. The van der Waals surface area contributed by atoms with Crippen LogP contribution in [0.1, 0.15) is 16.8 Å². The highest BCUT2D eigenvalue weighted by Crippen LogP contribution is 2.32. The summed E-state index contributed by atoms with van der Waals surface area (Å²) >= 11 is 3.46. The molecule has 1 aromatic carbocycles. The van der Waals surface area contributed by atoms with Gasteiger partial charge in [-0.2, -0.15) is 0 Å². The number of hydrogen-bond acceptors (Lipinski definition) is 4. The molecule has 17 heavy (non-hydrogen) atoms. The Balaban J connectivity index is 2.16. The normalized spacial score (nSPS) is 10.8. The summed E-state index contributed by atoms with van der Waals surface area (Å²) in [5, 5.41) is 5.26. The molecule has 0 aliphatic rings. The summed E-state index contributed by atoms with van der Waals surface area (Å²) < 4.78 is 1.12. The fourth-order valence-corrected chi connectivity index (χ4v) is 3.47. The van der Waals surface area contributed by atoms with E-state index in [1.165, 1.54) is 16.0 Å². The van der Waals surface area contributed by atoms with Crippen LogP contribution in [0, 0.1) is 13.8 Å². The Kier molecular flexibility index (Phi) is 4.20. The van der Waals surface area contributed by atoms with Crippen LogP contribution in [0.5, 0.6) is 0 Å². The summed E-state index contributed by atoms with van der Waals surface area (Å²) in [4.78, 5) is 5.77. The maximum absolute atomic E-state index is 4.47. The highest BCUT2D eigenvalue weighted by atomic mass is 32.2. The van der Waals surface area contributed by atoms with Gasteiger partial charge in [0.15, 0.2) is 4.34 Å². The van der Waals surface area contributed by atoms with E-state index in [1.807, 2.05) is 14.0 Å². The van der Waals surface area contributed by atoms with Crippen molar-refractivity contribution in [3.8, 4) is 0 Å². The number of thiazole rings is 1. The van der Waals surface area contributed by atoms with Crippen molar-refractivity contribution in [3.63, 3.8) is 0 Å². The van der Waals surface area contributed by atoms with Crippen molar-refractivity contribution in [2.24, 2.45) is 0 Å². The topological polar surface area (TPSA) is 24.9 Å². The third-order valence-corrected chi connectivity index (χ3v) is 4.65. The molecule has 0 aliphatic carbocycles. The molecule has 0 aliphatic heterocycles. The zero-order valence-electron chi connectivity index (χ0n) is 10.3. The van der Waals surface area contributed by atoms with Gasteiger partial charge in [-0.15, -0.1) is 11.3 Å². The quantitative estimate of drug-likeness (QED) is 0.913. The highest BCUT2D eigenvalue weighted by Gasteiger charge is 2.05. The van der Waals surface area contributed by atoms with Crippen LogP contribution in [0.3, 0.4) is 0 Å². The van der Waals surface area contributed by atoms with Crippen molar-refractivity contribution in [1.82, 2.24) is 10.3 Å². The Bertz CT molecular complexity index is 506. The van der Waals surface area contributed by atoms with E-state index in [0.717, 1.165) is 16.6 Å². The van der Waals surface area contributed by atoms with Crippen LogP contribution in [0.15, 0.2) is 32.8 Å². The monoisotopic (exact) mass is 264 g/mol. The second-order valence-electron chi connectivity index (χ2n) is 3.99. The van der Waals surface area contributed by atoms with Crippen molar-refractivity contribution in [2.75, 3.05) is 7.05 Å². The van der Waals surface area contributed by atoms with Gasteiger partial charge in [0.25, 0.3) is 0 Å². The van der Waals surface area contributed by atoms with E-state index in [9.17, 15) is 0 Å². The fourth-order valence-electron chi connectivity index (χ4n) is 1.61. The molecule has 0 saturated carbocycles. The second kappa shape index (κ2) is 5.67. The van der Waals surface area contributed by atoms with E-state index in [1.54, 1.807) is 23.1 Å². The summed E-state index contributed by atoms with van der Waals surface area (Å²) in [6.07, 6.45) is 0. The molecule has 0 spiro atoms. The number of hydrogen-bond donors (Lipinski definition) is 1. The molecule has 2 aromatic rings. The molecule has 0 bridgehead atoms. The molecule has 90 valence electrons. The molecule has 4 heteroatoms. The first-order valence-corrected chi connectivity index (χ1v) is 7.23. The summed E-state index contributed by atoms with van der Waals surface area (Å²) in [6, 6.07) is 6.59. The van der Waals surface area contributed by atoms with Crippen LogP contribution in [-0.2, 0) is 6.54 Å². The molecule has 0 fully saturated rings. The highest BCUT2D eigenvalue weighted by molar-refractivity contribution is 8.01. The minimum Gasteiger partial charge on any atom is -0.316 e.